The van der Waals surface area contributed by atoms with Gasteiger partial charge < -0.3 is 0 Å². The van der Waals surface area contributed by atoms with Crippen LogP contribution >= 0.6 is 0 Å². The molecule has 31 heavy (non-hydrogen) atoms. The van der Waals surface area contributed by atoms with E-state index in [2.05, 4.69) is 15.6 Å². The minimum Gasteiger partial charge on any atom is -0.273 e. The summed E-state index contributed by atoms with van der Waals surface area (Å²) in [4.78, 5) is 24.5. The Morgan fingerprint density at radius 3 is 2.06 bits per heavy atom. The summed E-state index contributed by atoms with van der Waals surface area (Å²) in [5.74, 6) is -0.995. The summed E-state index contributed by atoms with van der Waals surface area (Å²) in [6.45, 7) is 1.79. The van der Waals surface area contributed by atoms with Gasteiger partial charge in [0.1, 0.15) is 0 Å². The molecule has 0 aliphatic carbocycles. The van der Waals surface area contributed by atoms with E-state index >= 15 is 0 Å². The predicted molar refractivity (Wildman–Crippen MR) is 117 cm³/mol. The standard InChI is InChI=1S/C23H23N3O4S/c1-17-12-13-20(23(28)26-25-22(27)14-18-8-4-2-5-9-18)15-21(17)31(29,30)24-16-19-10-6-3-7-11-19/h2-13,15,24H,14,16H2,1H3,(H,25,27)(H,26,28). The lowest BCUT2D eigenvalue weighted by molar-refractivity contribution is -0.121. The summed E-state index contributed by atoms with van der Waals surface area (Å²) in [5, 5.41) is 0. The minimum atomic E-state index is -3.83. The van der Waals surface area contributed by atoms with Crippen molar-refractivity contribution in [3.63, 3.8) is 0 Å². The third-order valence-corrected chi connectivity index (χ3v) is 6.12. The van der Waals surface area contributed by atoms with Crippen molar-refractivity contribution in [2.75, 3.05) is 0 Å². The smallest absolute Gasteiger partial charge is 0.269 e. The zero-order chi connectivity index (χ0) is 22.3. The Hall–Kier alpha value is -3.49. The molecule has 0 heterocycles. The molecule has 0 saturated carbocycles. The van der Waals surface area contributed by atoms with Crippen LogP contribution in [0.15, 0.2) is 83.8 Å². The van der Waals surface area contributed by atoms with Gasteiger partial charge in [-0.15, -0.1) is 0 Å². The monoisotopic (exact) mass is 437 g/mol. The highest BCUT2D eigenvalue weighted by Crippen LogP contribution is 2.17. The van der Waals surface area contributed by atoms with Gasteiger partial charge in [0.05, 0.1) is 11.3 Å². The normalized spacial score (nSPS) is 11.0. The van der Waals surface area contributed by atoms with E-state index in [1.54, 1.807) is 25.1 Å². The molecule has 3 rings (SSSR count). The van der Waals surface area contributed by atoms with E-state index in [1.165, 1.54) is 12.1 Å². The summed E-state index contributed by atoms with van der Waals surface area (Å²) < 4.78 is 28.1. The molecule has 0 unspecified atom stereocenters. The Morgan fingerprint density at radius 1 is 0.806 bits per heavy atom. The Labute approximate surface area is 181 Å². The number of hydrogen-bond donors (Lipinski definition) is 3. The second-order valence-corrected chi connectivity index (χ2v) is 8.69. The molecular weight excluding hydrogens is 414 g/mol. The van der Waals surface area contributed by atoms with Crippen molar-refractivity contribution in [1.82, 2.24) is 15.6 Å². The van der Waals surface area contributed by atoms with Crippen molar-refractivity contribution in [1.29, 1.82) is 0 Å². The van der Waals surface area contributed by atoms with Crippen molar-refractivity contribution in [3.05, 3.63) is 101 Å². The van der Waals surface area contributed by atoms with Gasteiger partial charge in [0.25, 0.3) is 5.91 Å². The van der Waals surface area contributed by atoms with Crippen molar-refractivity contribution in [2.24, 2.45) is 0 Å². The summed E-state index contributed by atoms with van der Waals surface area (Å²) in [5.41, 5.74) is 6.91. The van der Waals surface area contributed by atoms with E-state index in [4.69, 9.17) is 0 Å². The molecule has 2 amide bonds. The maximum atomic E-state index is 12.8. The molecule has 0 radical (unpaired) electrons. The lowest BCUT2D eigenvalue weighted by atomic mass is 10.1. The fourth-order valence-electron chi connectivity index (χ4n) is 2.91. The quantitative estimate of drug-likeness (QED) is 0.494. The molecule has 3 aromatic carbocycles. The molecule has 0 aliphatic heterocycles. The van der Waals surface area contributed by atoms with E-state index in [0.717, 1.165) is 11.1 Å². The second kappa shape index (κ2) is 10.0. The number of benzene rings is 3. The van der Waals surface area contributed by atoms with Crippen molar-refractivity contribution in [3.8, 4) is 0 Å². The highest BCUT2D eigenvalue weighted by Gasteiger charge is 2.19. The van der Waals surface area contributed by atoms with Crippen molar-refractivity contribution < 1.29 is 18.0 Å². The molecule has 0 aliphatic rings. The topological polar surface area (TPSA) is 104 Å². The summed E-state index contributed by atoms with van der Waals surface area (Å²) >= 11 is 0. The first-order chi connectivity index (χ1) is 14.8. The van der Waals surface area contributed by atoms with Crippen LogP contribution in [-0.4, -0.2) is 20.2 Å². The van der Waals surface area contributed by atoms with Crippen LogP contribution in [0.25, 0.3) is 0 Å². The van der Waals surface area contributed by atoms with E-state index in [-0.39, 0.29) is 29.3 Å². The fraction of sp³-hybridized carbons (Fsp3) is 0.130. The number of hydrogen-bond acceptors (Lipinski definition) is 4. The highest BCUT2D eigenvalue weighted by atomic mass is 32.2. The Balaban J connectivity index is 1.65. The highest BCUT2D eigenvalue weighted by molar-refractivity contribution is 7.89. The molecule has 3 N–H and O–H groups in total. The van der Waals surface area contributed by atoms with Gasteiger partial charge in [0, 0.05) is 12.1 Å². The molecule has 0 aromatic heterocycles. The lowest BCUT2D eigenvalue weighted by Crippen LogP contribution is -2.42. The Kier molecular flexibility index (Phi) is 7.17. The van der Waals surface area contributed by atoms with Crippen LogP contribution in [0.4, 0.5) is 0 Å². The van der Waals surface area contributed by atoms with E-state index in [1.807, 2.05) is 48.5 Å². The second-order valence-electron chi connectivity index (χ2n) is 6.96. The maximum absolute atomic E-state index is 12.8. The lowest BCUT2D eigenvalue weighted by Gasteiger charge is -2.12. The van der Waals surface area contributed by atoms with Crippen LogP contribution in [0.1, 0.15) is 27.0 Å². The largest absolute Gasteiger partial charge is 0.273 e. The van der Waals surface area contributed by atoms with Gasteiger partial charge in [-0.25, -0.2) is 13.1 Å². The number of rotatable bonds is 7. The molecule has 0 fully saturated rings. The summed E-state index contributed by atoms with van der Waals surface area (Å²) in [6, 6.07) is 22.6. The predicted octanol–water partition coefficient (Wildman–Crippen LogP) is 2.48. The van der Waals surface area contributed by atoms with Crippen LogP contribution in [0.5, 0.6) is 0 Å². The summed E-state index contributed by atoms with van der Waals surface area (Å²) in [6.07, 6.45) is 0.109. The van der Waals surface area contributed by atoms with Gasteiger partial charge in [-0.05, 0) is 35.7 Å². The van der Waals surface area contributed by atoms with E-state index in [9.17, 15) is 18.0 Å². The fourth-order valence-corrected chi connectivity index (χ4v) is 4.19. The van der Waals surface area contributed by atoms with E-state index in [0.29, 0.717) is 5.56 Å². The first-order valence-electron chi connectivity index (χ1n) is 9.62. The molecular formula is C23H23N3O4S. The maximum Gasteiger partial charge on any atom is 0.269 e. The third-order valence-electron chi connectivity index (χ3n) is 4.57. The van der Waals surface area contributed by atoms with Gasteiger partial charge in [-0.2, -0.15) is 0 Å². The van der Waals surface area contributed by atoms with Gasteiger partial charge >= 0.3 is 0 Å². The van der Waals surface area contributed by atoms with Gasteiger partial charge in [0.2, 0.25) is 15.9 Å². The van der Waals surface area contributed by atoms with Gasteiger partial charge in [0.15, 0.2) is 0 Å². The molecule has 8 heteroatoms. The molecule has 0 atom stereocenters. The number of amides is 2. The minimum absolute atomic E-state index is 0.00620. The SMILES string of the molecule is Cc1ccc(C(=O)NNC(=O)Cc2ccccc2)cc1S(=O)(=O)NCc1ccccc1. The van der Waals surface area contributed by atoms with Crippen molar-refractivity contribution in [2.45, 2.75) is 24.8 Å². The average molecular weight is 438 g/mol. The average Bonchev–Trinajstić information content (AvgIpc) is 2.78. The molecule has 3 aromatic rings. The van der Waals surface area contributed by atoms with E-state index < -0.39 is 15.9 Å². The van der Waals surface area contributed by atoms with Crippen LogP contribution in [0.2, 0.25) is 0 Å². The number of carbonyl (C=O) groups is 2. The molecule has 160 valence electrons. The van der Waals surface area contributed by atoms with Crippen LogP contribution in [-0.2, 0) is 27.8 Å². The third kappa shape index (κ3) is 6.24. The summed E-state index contributed by atoms with van der Waals surface area (Å²) in [7, 11) is -3.83. The number of aryl methyl sites for hydroxylation is 1. The van der Waals surface area contributed by atoms with Crippen LogP contribution in [0.3, 0.4) is 0 Å². The first-order valence-corrected chi connectivity index (χ1v) is 11.1. The Bertz CT molecular complexity index is 1160. The van der Waals surface area contributed by atoms with Crippen LogP contribution < -0.4 is 15.6 Å². The zero-order valence-corrected chi connectivity index (χ0v) is 17.8. The Morgan fingerprint density at radius 2 is 1.42 bits per heavy atom. The number of sulfonamides is 1. The van der Waals surface area contributed by atoms with Gasteiger partial charge in [-0.1, -0.05) is 66.7 Å². The number of carbonyl (C=O) groups excluding carboxylic acids is 2. The van der Waals surface area contributed by atoms with Crippen LogP contribution in [0, 0.1) is 6.92 Å². The molecule has 0 saturated heterocycles. The van der Waals surface area contributed by atoms with Gasteiger partial charge in [-0.3, -0.25) is 20.4 Å². The number of hydrazine groups is 1. The molecule has 0 bridgehead atoms. The van der Waals surface area contributed by atoms with Crippen molar-refractivity contribution >= 4 is 21.8 Å². The first kappa shape index (κ1) is 22.2. The number of nitrogens with one attached hydrogen (secondary N) is 3. The molecule has 0 spiro atoms. The molecule has 7 nitrogen and oxygen atoms in total. The zero-order valence-electron chi connectivity index (χ0n) is 17.0.